The number of aromatic nitrogens is 2. The van der Waals surface area contributed by atoms with Crippen LogP contribution in [0.1, 0.15) is 37.7 Å². The summed E-state index contributed by atoms with van der Waals surface area (Å²) in [5.41, 5.74) is 4.38. The molecular weight excluding hydrogens is 334 g/mol. The summed E-state index contributed by atoms with van der Waals surface area (Å²) in [5.74, 6) is 1.51. The first-order valence-electron chi connectivity index (χ1n) is 8.82. The van der Waals surface area contributed by atoms with Crippen LogP contribution in [0.2, 0.25) is 5.02 Å². The van der Waals surface area contributed by atoms with Crippen molar-refractivity contribution in [3.05, 3.63) is 45.4 Å². The van der Waals surface area contributed by atoms with E-state index < -0.39 is 0 Å². The van der Waals surface area contributed by atoms with Crippen LogP contribution in [0.5, 0.6) is 0 Å². The van der Waals surface area contributed by atoms with Crippen molar-refractivity contribution in [2.45, 2.75) is 44.7 Å². The predicted octanol–water partition coefficient (Wildman–Crippen LogP) is 2.55. The first-order chi connectivity index (χ1) is 12.2. The van der Waals surface area contributed by atoms with Crippen LogP contribution >= 0.6 is 11.6 Å². The van der Waals surface area contributed by atoms with E-state index in [9.17, 15) is 0 Å². The molecule has 5 nitrogen and oxygen atoms in total. The van der Waals surface area contributed by atoms with Gasteiger partial charge in [-0.25, -0.2) is 4.98 Å². The van der Waals surface area contributed by atoms with Gasteiger partial charge in [0.05, 0.1) is 16.6 Å². The monoisotopic (exact) mass is 355 g/mol. The number of nitrogens with one attached hydrogen (secondary N) is 2. The minimum Gasteiger partial charge on any atom is -0.350 e. The van der Waals surface area contributed by atoms with Gasteiger partial charge < -0.3 is 10.7 Å². The summed E-state index contributed by atoms with van der Waals surface area (Å²) in [6, 6.07) is 8.27. The Morgan fingerprint density at radius 2 is 2.00 bits per heavy atom. The van der Waals surface area contributed by atoms with E-state index in [-0.39, 0.29) is 0 Å². The summed E-state index contributed by atoms with van der Waals surface area (Å²) in [4.78, 5) is 9.24. The van der Waals surface area contributed by atoms with E-state index in [1.807, 2.05) is 30.5 Å². The molecule has 2 aromatic rings. The Labute approximate surface area is 152 Å². The van der Waals surface area contributed by atoms with Gasteiger partial charge >= 0.3 is 0 Å². The van der Waals surface area contributed by atoms with E-state index in [4.69, 9.17) is 16.6 Å². The van der Waals surface area contributed by atoms with Crippen molar-refractivity contribution in [1.82, 2.24) is 15.4 Å². The van der Waals surface area contributed by atoms with Crippen molar-refractivity contribution < 1.29 is 0 Å². The molecule has 1 aromatic carbocycles. The lowest BCUT2D eigenvalue weighted by Gasteiger charge is -2.32. The number of benzene rings is 1. The smallest absolute Gasteiger partial charge is 0.225 e. The molecule has 4 rings (SSSR count). The second kappa shape index (κ2) is 6.92. The van der Waals surface area contributed by atoms with E-state index in [0.29, 0.717) is 18.5 Å². The Morgan fingerprint density at radius 3 is 2.80 bits per heavy atom. The fraction of sp³-hybridized carbons (Fsp3) is 0.368. The first-order valence-corrected chi connectivity index (χ1v) is 9.20. The number of hydrogen-bond donors (Lipinski definition) is 2. The molecule has 25 heavy (non-hydrogen) atoms. The van der Waals surface area contributed by atoms with Crippen molar-refractivity contribution in [1.29, 1.82) is 0 Å². The Hall–Kier alpha value is -2.27. The number of hydrazine groups is 1. The molecule has 0 saturated heterocycles. The molecule has 0 bridgehead atoms. The van der Waals surface area contributed by atoms with Crippen LogP contribution in [-0.2, 0) is 6.54 Å². The molecule has 0 radical (unpaired) electrons. The van der Waals surface area contributed by atoms with Crippen LogP contribution in [0, 0.1) is 0 Å². The highest BCUT2D eigenvalue weighted by atomic mass is 35.5. The lowest BCUT2D eigenvalue weighted by molar-refractivity contribution is 0.405. The van der Waals surface area contributed by atoms with E-state index >= 15 is 0 Å². The zero-order valence-electron chi connectivity index (χ0n) is 14.1. The number of rotatable bonds is 4. The number of halogens is 1. The van der Waals surface area contributed by atoms with Crippen molar-refractivity contribution in [3.63, 3.8) is 0 Å². The molecule has 1 fully saturated rings. The van der Waals surface area contributed by atoms with Crippen LogP contribution < -0.4 is 26.3 Å². The van der Waals surface area contributed by atoms with Crippen molar-refractivity contribution in [2.75, 3.05) is 10.3 Å². The first kappa shape index (κ1) is 16.2. The fourth-order valence-electron chi connectivity index (χ4n) is 3.54. The van der Waals surface area contributed by atoms with Crippen molar-refractivity contribution in [2.24, 2.45) is 0 Å². The summed E-state index contributed by atoms with van der Waals surface area (Å²) in [6.07, 6.45) is 8.23. The van der Waals surface area contributed by atoms with Gasteiger partial charge in [-0.1, -0.05) is 55.6 Å². The van der Waals surface area contributed by atoms with Gasteiger partial charge in [-0.05, 0) is 24.5 Å². The SMILES string of the molecule is C=c1nc(NCc2ccccc2Cl)nc2c1=CNN2C1CCCCC1. The summed E-state index contributed by atoms with van der Waals surface area (Å²) < 4.78 is 0. The molecule has 6 heteroatoms. The number of fused-ring (bicyclic) bond motifs is 1. The van der Waals surface area contributed by atoms with Crippen LogP contribution in [0.25, 0.3) is 12.8 Å². The van der Waals surface area contributed by atoms with Gasteiger partial charge in [0.15, 0.2) is 5.82 Å². The summed E-state index contributed by atoms with van der Waals surface area (Å²) in [5, 5.41) is 7.92. The summed E-state index contributed by atoms with van der Waals surface area (Å²) in [7, 11) is 0. The van der Waals surface area contributed by atoms with E-state index in [0.717, 1.165) is 27.0 Å². The average Bonchev–Trinajstić information content (AvgIpc) is 3.06. The van der Waals surface area contributed by atoms with Gasteiger partial charge in [0.1, 0.15) is 0 Å². The maximum Gasteiger partial charge on any atom is 0.225 e. The standard InChI is InChI=1S/C19H22ClN5/c1-13-16-12-22-25(15-8-3-2-4-9-15)18(16)24-19(23-13)21-11-14-7-5-6-10-17(14)20/h5-7,10,12,15,22H,1-4,8-9,11H2,(H,21,23). The second-order valence-electron chi connectivity index (χ2n) is 6.61. The van der Waals surface area contributed by atoms with E-state index in [1.165, 1.54) is 32.1 Å². The molecule has 130 valence electrons. The highest BCUT2D eigenvalue weighted by molar-refractivity contribution is 6.31. The van der Waals surface area contributed by atoms with Crippen LogP contribution in [0.15, 0.2) is 24.3 Å². The van der Waals surface area contributed by atoms with Crippen LogP contribution in [-0.4, -0.2) is 16.0 Å². The molecular formula is C19H22ClN5. The molecule has 1 aromatic heterocycles. The predicted molar refractivity (Wildman–Crippen MR) is 103 cm³/mol. The van der Waals surface area contributed by atoms with Gasteiger partial charge in [0.25, 0.3) is 0 Å². The molecule has 0 amide bonds. The highest BCUT2D eigenvalue weighted by Gasteiger charge is 2.26. The minimum absolute atomic E-state index is 0.483. The molecule has 1 aliphatic carbocycles. The normalized spacial score (nSPS) is 16.9. The molecule has 2 aliphatic rings. The van der Waals surface area contributed by atoms with Crippen LogP contribution in [0.4, 0.5) is 11.8 Å². The Morgan fingerprint density at radius 1 is 1.20 bits per heavy atom. The quantitative estimate of drug-likeness (QED) is 0.882. The van der Waals surface area contributed by atoms with Gasteiger partial charge in [0, 0.05) is 17.8 Å². The van der Waals surface area contributed by atoms with Gasteiger partial charge in [0.2, 0.25) is 5.95 Å². The zero-order chi connectivity index (χ0) is 17.2. The summed E-state index contributed by atoms with van der Waals surface area (Å²) in [6.45, 7) is 4.67. The van der Waals surface area contributed by atoms with Crippen molar-refractivity contribution in [3.8, 4) is 0 Å². The maximum atomic E-state index is 6.22. The fourth-order valence-corrected chi connectivity index (χ4v) is 3.74. The van der Waals surface area contributed by atoms with Gasteiger partial charge in [-0.15, -0.1) is 0 Å². The third kappa shape index (κ3) is 3.29. The molecule has 0 atom stereocenters. The maximum absolute atomic E-state index is 6.22. The molecule has 2 N–H and O–H groups in total. The molecule has 2 heterocycles. The Kier molecular flexibility index (Phi) is 4.49. The Balaban J connectivity index is 1.57. The molecule has 0 spiro atoms. The second-order valence-corrected chi connectivity index (χ2v) is 7.02. The molecule has 0 unspecified atom stereocenters. The van der Waals surface area contributed by atoms with Gasteiger partial charge in [-0.2, -0.15) is 4.98 Å². The van der Waals surface area contributed by atoms with Crippen LogP contribution in [0.3, 0.4) is 0 Å². The largest absolute Gasteiger partial charge is 0.350 e. The lowest BCUT2D eigenvalue weighted by atomic mass is 9.95. The third-order valence-corrected chi connectivity index (χ3v) is 5.28. The topological polar surface area (TPSA) is 53.1 Å². The average molecular weight is 356 g/mol. The third-order valence-electron chi connectivity index (χ3n) is 4.92. The van der Waals surface area contributed by atoms with Gasteiger partial charge in [-0.3, -0.25) is 5.01 Å². The lowest BCUT2D eigenvalue weighted by Crippen LogP contribution is -2.43. The summed E-state index contributed by atoms with van der Waals surface area (Å²) >= 11 is 6.22. The van der Waals surface area contributed by atoms with E-state index in [1.54, 1.807) is 0 Å². The molecule has 1 aliphatic heterocycles. The Bertz CT molecular complexity index is 876. The minimum atomic E-state index is 0.483. The highest BCUT2D eigenvalue weighted by Crippen LogP contribution is 2.25. The number of hydrogen-bond acceptors (Lipinski definition) is 5. The zero-order valence-corrected chi connectivity index (χ0v) is 14.9. The van der Waals surface area contributed by atoms with E-state index in [2.05, 4.69) is 27.3 Å². The number of nitrogens with zero attached hydrogens (tertiary/aromatic N) is 3. The number of anilines is 2. The molecule has 1 saturated carbocycles. The van der Waals surface area contributed by atoms with Crippen molar-refractivity contribution >= 4 is 36.1 Å².